The molecule has 2 aliphatic rings. The van der Waals surface area contributed by atoms with Crippen LogP contribution in [0.5, 0.6) is 0 Å². The summed E-state index contributed by atoms with van der Waals surface area (Å²) in [6, 6.07) is 2.91. The highest BCUT2D eigenvalue weighted by Crippen LogP contribution is 2.28. The Balaban J connectivity index is 1.55. The Kier molecular flexibility index (Phi) is 7.74. The van der Waals surface area contributed by atoms with Crippen LogP contribution in [-0.4, -0.2) is 65.9 Å². The Morgan fingerprint density at radius 1 is 1.20 bits per heavy atom. The van der Waals surface area contributed by atoms with Crippen LogP contribution in [0.2, 0.25) is 0 Å². The monoisotopic (exact) mass is 426 g/mol. The Hall–Kier alpha value is -2.10. The van der Waals surface area contributed by atoms with Crippen LogP contribution in [0.1, 0.15) is 38.2 Å². The average Bonchev–Trinajstić information content (AvgIpc) is 2.68. The zero-order chi connectivity index (χ0) is 21.7. The molecule has 0 aliphatic carbocycles. The summed E-state index contributed by atoms with van der Waals surface area (Å²) in [5.74, 6) is -1.72. The molecule has 0 bridgehead atoms. The minimum Gasteiger partial charge on any atom is -0.389 e. The fraction of sp³-hybridized carbons (Fsp3) is 0.619. The molecule has 4 atom stereocenters. The second-order valence-electron chi connectivity index (χ2n) is 7.79. The number of amides is 2. The molecule has 2 saturated heterocycles. The number of benzene rings is 1. The van der Waals surface area contributed by atoms with Gasteiger partial charge in [0, 0.05) is 25.6 Å². The first-order valence-corrected chi connectivity index (χ1v) is 10.3. The van der Waals surface area contributed by atoms with Crippen LogP contribution < -0.4 is 5.32 Å². The number of aliphatic hydroxyl groups excluding tert-OH is 1. The van der Waals surface area contributed by atoms with Gasteiger partial charge in [-0.25, -0.2) is 8.78 Å². The van der Waals surface area contributed by atoms with E-state index < -0.39 is 17.7 Å². The summed E-state index contributed by atoms with van der Waals surface area (Å²) in [5, 5.41) is 12.7. The van der Waals surface area contributed by atoms with Gasteiger partial charge in [-0.05, 0) is 30.5 Å². The molecule has 7 nitrogen and oxygen atoms in total. The third-order valence-corrected chi connectivity index (χ3v) is 5.43. The fourth-order valence-corrected chi connectivity index (χ4v) is 4.02. The molecule has 3 rings (SSSR count). The molecule has 166 valence electrons. The summed E-state index contributed by atoms with van der Waals surface area (Å²) in [5.41, 5.74) is 0.339. The van der Waals surface area contributed by atoms with Crippen molar-refractivity contribution in [1.82, 2.24) is 10.2 Å². The van der Waals surface area contributed by atoms with Gasteiger partial charge in [-0.2, -0.15) is 0 Å². The molecular formula is C21H28F2N2O5. The Morgan fingerprint density at radius 2 is 1.93 bits per heavy atom. The molecular weight excluding hydrogens is 398 g/mol. The van der Waals surface area contributed by atoms with Crippen LogP contribution >= 0.6 is 0 Å². The van der Waals surface area contributed by atoms with Crippen molar-refractivity contribution in [2.45, 2.75) is 63.5 Å². The highest BCUT2D eigenvalue weighted by Gasteiger charge is 2.39. The lowest BCUT2D eigenvalue weighted by Crippen LogP contribution is -2.57. The molecule has 2 amide bonds. The maximum Gasteiger partial charge on any atom is 0.222 e. The highest BCUT2D eigenvalue weighted by atomic mass is 19.1. The first-order valence-electron chi connectivity index (χ1n) is 10.3. The van der Waals surface area contributed by atoms with E-state index in [0.29, 0.717) is 24.8 Å². The number of fused-ring (bicyclic) bond motifs is 1. The Labute approximate surface area is 174 Å². The van der Waals surface area contributed by atoms with Crippen molar-refractivity contribution >= 4 is 11.8 Å². The summed E-state index contributed by atoms with van der Waals surface area (Å²) >= 11 is 0. The van der Waals surface area contributed by atoms with E-state index in [0.717, 1.165) is 6.07 Å². The van der Waals surface area contributed by atoms with Crippen molar-refractivity contribution < 1.29 is 33.0 Å². The maximum atomic E-state index is 13.3. The molecule has 0 saturated carbocycles. The summed E-state index contributed by atoms with van der Waals surface area (Å²) in [6.45, 7) is 2.35. The lowest BCUT2D eigenvalue weighted by Gasteiger charge is -2.44. The van der Waals surface area contributed by atoms with Gasteiger partial charge in [0.15, 0.2) is 0 Å². The fourth-order valence-electron chi connectivity index (χ4n) is 4.02. The van der Waals surface area contributed by atoms with Gasteiger partial charge >= 0.3 is 0 Å². The van der Waals surface area contributed by atoms with Gasteiger partial charge in [-0.15, -0.1) is 0 Å². The second kappa shape index (κ2) is 10.3. The molecule has 2 N–H and O–H groups in total. The molecule has 1 aromatic rings. The SMILES string of the molecule is CCC(=O)N1C[C@H](O)COC[C@@H]2O[C@H](CC(=O)NCc3cc(F)cc(F)c3)CC[C@H]21. The number of rotatable bonds is 5. The van der Waals surface area contributed by atoms with Gasteiger partial charge in [-0.1, -0.05) is 6.92 Å². The number of nitrogens with zero attached hydrogens (tertiary/aromatic N) is 1. The van der Waals surface area contributed by atoms with Crippen molar-refractivity contribution in [1.29, 1.82) is 0 Å². The van der Waals surface area contributed by atoms with Crippen molar-refractivity contribution in [3.05, 3.63) is 35.4 Å². The number of β-amino-alcohol motifs (C(OH)–C–C–N with tert-alkyl or cyclic N) is 1. The van der Waals surface area contributed by atoms with Crippen molar-refractivity contribution in [2.75, 3.05) is 19.8 Å². The van der Waals surface area contributed by atoms with Gasteiger partial charge in [0.05, 0.1) is 37.9 Å². The number of hydrogen-bond donors (Lipinski definition) is 2. The molecule has 0 spiro atoms. The van der Waals surface area contributed by atoms with Crippen LogP contribution in [0.4, 0.5) is 8.78 Å². The normalized spacial score (nSPS) is 27.0. The van der Waals surface area contributed by atoms with Gasteiger partial charge in [0.2, 0.25) is 11.8 Å². The van der Waals surface area contributed by atoms with E-state index in [1.54, 1.807) is 11.8 Å². The number of hydrogen-bond acceptors (Lipinski definition) is 5. The molecule has 0 radical (unpaired) electrons. The minimum absolute atomic E-state index is 0.0199. The van der Waals surface area contributed by atoms with Crippen LogP contribution in [-0.2, 0) is 25.6 Å². The van der Waals surface area contributed by atoms with Crippen molar-refractivity contribution in [2.24, 2.45) is 0 Å². The van der Waals surface area contributed by atoms with E-state index in [-0.39, 0.29) is 62.8 Å². The smallest absolute Gasteiger partial charge is 0.222 e. The Morgan fingerprint density at radius 3 is 2.63 bits per heavy atom. The van der Waals surface area contributed by atoms with Gasteiger partial charge in [0.25, 0.3) is 0 Å². The predicted octanol–water partition coefficient (Wildman–Crippen LogP) is 1.52. The zero-order valence-electron chi connectivity index (χ0n) is 17.0. The van der Waals surface area contributed by atoms with E-state index in [9.17, 15) is 23.5 Å². The first kappa shape index (κ1) is 22.6. The summed E-state index contributed by atoms with van der Waals surface area (Å²) in [6.07, 6.45) is 0.192. The lowest BCUT2D eigenvalue weighted by atomic mass is 9.94. The van der Waals surface area contributed by atoms with Crippen LogP contribution in [0.25, 0.3) is 0 Å². The van der Waals surface area contributed by atoms with Crippen LogP contribution in [0.3, 0.4) is 0 Å². The van der Waals surface area contributed by atoms with Crippen LogP contribution in [0.15, 0.2) is 18.2 Å². The minimum atomic E-state index is -0.738. The van der Waals surface area contributed by atoms with Crippen molar-refractivity contribution in [3.63, 3.8) is 0 Å². The number of halogens is 2. The number of nitrogens with one attached hydrogen (secondary N) is 1. The van der Waals surface area contributed by atoms with E-state index in [2.05, 4.69) is 5.32 Å². The summed E-state index contributed by atoms with van der Waals surface area (Å²) in [7, 11) is 0. The van der Waals surface area contributed by atoms with Crippen LogP contribution in [0, 0.1) is 11.6 Å². The van der Waals surface area contributed by atoms with E-state index in [4.69, 9.17) is 9.47 Å². The lowest BCUT2D eigenvalue weighted by molar-refractivity contribution is -0.169. The first-order chi connectivity index (χ1) is 14.4. The molecule has 2 aliphatic heterocycles. The maximum absolute atomic E-state index is 13.3. The van der Waals surface area contributed by atoms with Gasteiger partial charge in [0.1, 0.15) is 17.7 Å². The number of ether oxygens (including phenoxy) is 2. The van der Waals surface area contributed by atoms with Gasteiger partial charge < -0.3 is 24.8 Å². The van der Waals surface area contributed by atoms with E-state index >= 15 is 0 Å². The molecule has 30 heavy (non-hydrogen) atoms. The number of carbonyl (C=O) groups is 2. The summed E-state index contributed by atoms with van der Waals surface area (Å²) < 4.78 is 38.1. The Bertz CT molecular complexity index is 743. The van der Waals surface area contributed by atoms with E-state index in [1.807, 2.05) is 0 Å². The highest BCUT2D eigenvalue weighted by molar-refractivity contribution is 5.77. The van der Waals surface area contributed by atoms with Crippen molar-refractivity contribution in [3.8, 4) is 0 Å². The third-order valence-electron chi connectivity index (χ3n) is 5.43. The molecule has 2 heterocycles. The molecule has 9 heteroatoms. The molecule has 1 aromatic carbocycles. The molecule has 0 unspecified atom stereocenters. The number of aliphatic hydroxyl groups is 1. The average molecular weight is 426 g/mol. The topological polar surface area (TPSA) is 88.1 Å². The largest absolute Gasteiger partial charge is 0.389 e. The summed E-state index contributed by atoms with van der Waals surface area (Å²) in [4.78, 5) is 26.3. The quantitative estimate of drug-likeness (QED) is 0.746. The third kappa shape index (κ3) is 5.96. The second-order valence-corrected chi connectivity index (χ2v) is 7.79. The number of carbonyl (C=O) groups excluding carboxylic acids is 2. The van der Waals surface area contributed by atoms with Gasteiger partial charge in [-0.3, -0.25) is 9.59 Å². The molecule has 0 aromatic heterocycles. The standard InChI is InChI=1S/C21H28F2N2O5/c1-2-21(28)25-10-16(26)11-29-12-19-18(25)4-3-17(30-19)8-20(27)24-9-13-5-14(22)7-15(23)6-13/h5-7,16-19,26H,2-4,8-12H2,1H3,(H,24,27)/t16-,17-,18+,19-/m0/s1. The molecule has 2 fully saturated rings. The predicted molar refractivity (Wildman–Crippen MR) is 103 cm³/mol. The van der Waals surface area contributed by atoms with E-state index in [1.165, 1.54) is 12.1 Å². The zero-order valence-corrected chi connectivity index (χ0v) is 17.0.